The predicted molar refractivity (Wildman–Crippen MR) is 66.0 cm³/mol. The van der Waals surface area contributed by atoms with Gasteiger partial charge >= 0.3 is 6.09 Å². The zero-order chi connectivity index (χ0) is 13.8. The minimum absolute atomic E-state index is 0.0273. The van der Waals surface area contributed by atoms with Crippen molar-refractivity contribution in [1.29, 1.82) is 0 Å². The van der Waals surface area contributed by atoms with Crippen molar-refractivity contribution in [2.24, 2.45) is 5.11 Å². The molecule has 0 aromatic heterocycles. The first kappa shape index (κ1) is 14.6. The number of hydrogen-bond donors (Lipinski definition) is 1. The summed E-state index contributed by atoms with van der Waals surface area (Å²) in [4.78, 5) is 16.1. The van der Waals surface area contributed by atoms with Crippen LogP contribution in [0, 0.1) is 0 Å². The molecule has 2 unspecified atom stereocenters. The number of azide groups is 1. The van der Waals surface area contributed by atoms with Crippen LogP contribution in [0.25, 0.3) is 10.4 Å². The highest BCUT2D eigenvalue weighted by Crippen LogP contribution is 2.23. The van der Waals surface area contributed by atoms with Crippen molar-refractivity contribution < 1.29 is 14.6 Å². The molecule has 1 N–H and O–H groups in total. The molecule has 0 radical (unpaired) electrons. The summed E-state index contributed by atoms with van der Waals surface area (Å²) in [6.07, 6.45) is 0.249. The molecule has 1 rings (SSSR count). The summed E-state index contributed by atoms with van der Waals surface area (Å²) in [6, 6.07) is -0.328. The van der Waals surface area contributed by atoms with Gasteiger partial charge in [-0.2, -0.15) is 0 Å². The molecule has 1 saturated heterocycles. The van der Waals surface area contributed by atoms with Crippen molar-refractivity contribution >= 4 is 6.09 Å². The van der Waals surface area contributed by atoms with Crippen LogP contribution >= 0.6 is 0 Å². The van der Waals surface area contributed by atoms with Crippen molar-refractivity contribution in [2.75, 3.05) is 13.1 Å². The van der Waals surface area contributed by atoms with Gasteiger partial charge < -0.3 is 14.7 Å². The number of likely N-dealkylation sites (tertiary alicyclic amines) is 1. The van der Waals surface area contributed by atoms with Gasteiger partial charge in [0, 0.05) is 11.5 Å². The fraction of sp³-hybridized carbons (Fsp3) is 0.909. The molecular formula is C11H20N4O3. The van der Waals surface area contributed by atoms with Gasteiger partial charge in [-0.15, -0.1) is 0 Å². The number of aliphatic hydroxyl groups excluding tert-OH is 1. The molecule has 1 aliphatic heterocycles. The third kappa shape index (κ3) is 4.09. The quantitative estimate of drug-likeness (QED) is 0.475. The summed E-state index contributed by atoms with van der Waals surface area (Å²) < 4.78 is 5.28. The molecule has 1 amide bonds. The molecule has 1 aliphatic rings. The second-order valence-corrected chi connectivity index (χ2v) is 5.36. The number of carbonyl (C=O) groups is 1. The largest absolute Gasteiger partial charge is 0.444 e. The molecule has 0 aliphatic carbocycles. The maximum Gasteiger partial charge on any atom is 0.410 e. The minimum Gasteiger partial charge on any atom is -0.444 e. The first-order valence-corrected chi connectivity index (χ1v) is 6.03. The highest BCUT2D eigenvalue weighted by Gasteiger charge is 2.35. The second-order valence-electron chi connectivity index (χ2n) is 5.36. The van der Waals surface area contributed by atoms with E-state index in [2.05, 4.69) is 10.0 Å². The zero-order valence-electron chi connectivity index (χ0n) is 11.0. The normalized spacial score (nSPS) is 21.3. The Morgan fingerprint density at radius 3 is 2.89 bits per heavy atom. The fourth-order valence-electron chi connectivity index (χ4n) is 1.98. The Labute approximate surface area is 106 Å². The van der Waals surface area contributed by atoms with Gasteiger partial charge in [-0.25, -0.2) is 4.79 Å². The van der Waals surface area contributed by atoms with Crippen molar-refractivity contribution in [3.05, 3.63) is 10.4 Å². The van der Waals surface area contributed by atoms with E-state index in [0.717, 1.165) is 6.42 Å². The molecule has 0 spiro atoms. The van der Waals surface area contributed by atoms with Gasteiger partial charge in [0.25, 0.3) is 0 Å². The standard InChI is InChI=1S/C11H20N4O3/c1-11(2,3)18-10(17)15-6-4-5-8(15)9(16)7-13-14-12/h8-9,16H,4-7H2,1-3H3. The van der Waals surface area contributed by atoms with Crippen LogP contribution in [-0.2, 0) is 4.74 Å². The summed E-state index contributed by atoms with van der Waals surface area (Å²) in [5.74, 6) is 0. The molecule has 0 aromatic rings. The summed E-state index contributed by atoms with van der Waals surface area (Å²) in [6.45, 7) is 5.93. The molecule has 7 heteroatoms. The summed E-state index contributed by atoms with van der Waals surface area (Å²) in [7, 11) is 0. The molecule has 2 atom stereocenters. The summed E-state index contributed by atoms with van der Waals surface area (Å²) in [5, 5.41) is 13.2. The lowest BCUT2D eigenvalue weighted by molar-refractivity contribution is 0.00672. The average Bonchev–Trinajstić information content (AvgIpc) is 2.72. The first-order chi connectivity index (χ1) is 8.35. The van der Waals surface area contributed by atoms with Crippen molar-refractivity contribution in [2.45, 2.75) is 51.4 Å². The van der Waals surface area contributed by atoms with E-state index in [9.17, 15) is 9.90 Å². The van der Waals surface area contributed by atoms with Gasteiger partial charge in [-0.05, 0) is 39.1 Å². The number of carbonyl (C=O) groups excluding carboxylic acids is 1. The number of aliphatic hydroxyl groups is 1. The van der Waals surface area contributed by atoms with Crippen molar-refractivity contribution in [3.8, 4) is 0 Å². The Morgan fingerprint density at radius 2 is 2.33 bits per heavy atom. The number of nitrogens with zero attached hydrogens (tertiary/aromatic N) is 4. The lowest BCUT2D eigenvalue weighted by Gasteiger charge is -2.30. The van der Waals surface area contributed by atoms with E-state index in [4.69, 9.17) is 10.3 Å². The SMILES string of the molecule is CC(C)(C)OC(=O)N1CCCC1C(O)CN=[N+]=[N-]. The predicted octanol–water partition coefficient (Wildman–Crippen LogP) is 2.06. The average molecular weight is 256 g/mol. The Kier molecular flexibility index (Phi) is 4.81. The summed E-state index contributed by atoms with van der Waals surface area (Å²) >= 11 is 0. The number of amides is 1. The Bertz CT molecular complexity index is 347. The maximum atomic E-state index is 11.9. The third-order valence-electron chi connectivity index (χ3n) is 2.70. The maximum absolute atomic E-state index is 11.9. The molecule has 1 heterocycles. The Hall–Kier alpha value is -1.46. The molecule has 0 aromatic carbocycles. The van der Waals surface area contributed by atoms with Crippen molar-refractivity contribution in [3.63, 3.8) is 0 Å². The smallest absolute Gasteiger partial charge is 0.410 e. The van der Waals surface area contributed by atoms with E-state index >= 15 is 0 Å². The highest BCUT2D eigenvalue weighted by molar-refractivity contribution is 5.69. The van der Waals surface area contributed by atoms with Crippen LogP contribution in [0.1, 0.15) is 33.6 Å². The molecule has 0 saturated carbocycles. The lowest BCUT2D eigenvalue weighted by atomic mass is 10.1. The number of hydrogen-bond acceptors (Lipinski definition) is 4. The topological polar surface area (TPSA) is 98.5 Å². The Balaban J connectivity index is 2.64. The summed E-state index contributed by atoms with van der Waals surface area (Å²) in [5.41, 5.74) is 7.67. The number of rotatable bonds is 3. The van der Waals surface area contributed by atoms with Crippen molar-refractivity contribution in [1.82, 2.24) is 4.90 Å². The van der Waals surface area contributed by atoms with Gasteiger partial charge in [0.05, 0.1) is 18.7 Å². The van der Waals surface area contributed by atoms with Gasteiger partial charge in [-0.3, -0.25) is 0 Å². The Morgan fingerprint density at radius 1 is 1.67 bits per heavy atom. The van der Waals surface area contributed by atoms with Gasteiger partial charge in [0.1, 0.15) is 5.60 Å². The van der Waals surface area contributed by atoms with Crippen LogP contribution in [0.3, 0.4) is 0 Å². The fourth-order valence-corrected chi connectivity index (χ4v) is 1.98. The van der Waals surface area contributed by atoms with Crippen LogP contribution in [0.5, 0.6) is 0 Å². The van der Waals surface area contributed by atoms with Crippen LogP contribution < -0.4 is 0 Å². The van der Waals surface area contributed by atoms with E-state index in [1.807, 2.05) is 0 Å². The molecule has 7 nitrogen and oxygen atoms in total. The minimum atomic E-state index is -0.837. The van der Waals surface area contributed by atoms with E-state index in [1.54, 1.807) is 20.8 Å². The van der Waals surface area contributed by atoms with E-state index in [0.29, 0.717) is 13.0 Å². The molecule has 0 bridgehead atoms. The molecule has 18 heavy (non-hydrogen) atoms. The van der Waals surface area contributed by atoms with Crippen LogP contribution in [-0.4, -0.2) is 46.9 Å². The molecule has 102 valence electrons. The second kappa shape index (κ2) is 5.93. The van der Waals surface area contributed by atoms with Gasteiger partial charge in [0.2, 0.25) is 0 Å². The third-order valence-corrected chi connectivity index (χ3v) is 2.70. The lowest BCUT2D eigenvalue weighted by Crippen LogP contribution is -2.46. The molecular weight excluding hydrogens is 236 g/mol. The van der Waals surface area contributed by atoms with Gasteiger partial charge in [-0.1, -0.05) is 5.11 Å². The highest BCUT2D eigenvalue weighted by atomic mass is 16.6. The van der Waals surface area contributed by atoms with Gasteiger partial charge in [0.15, 0.2) is 0 Å². The monoisotopic (exact) mass is 256 g/mol. The van der Waals surface area contributed by atoms with E-state index < -0.39 is 17.8 Å². The van der Waals surface area contributed by atoms with Crippen LogP contribution in [0.2, 0.25) is 0 Å². The molecule has 1 fully saturated rings. The van der Waals surface area contributed by atoms with E-state index in [-0.39, 0.29) is 12.6 Å². The number of ether oxygens (including phenoxy) is 1. The van der Waals surface area contributed by atoms with Crippen LogP contribution in [0.4, 0.5) is 4.79 Å². The van der Waals surface area contributed by atoms with Crippen LogP contribution in [0.15, 0.2) is 5.11 Å². The zero-order valence-corrected chi connectivity index (χ0v) is 11.0. The first-order valence-electron chi connectivity index (χ1n) is 6.03. The van der Waals surface area contributed by atoms with E-state index in [1.165, 1.54) is 4.90 Å².